The van der Waals surface area contributed by atoms with Gasteiger partial charge in [0, 0.05) is 5.69 Å². The Hall–Kier alpha value is -4.26. The number of aromatic nitrogens is 2. The Kier molecular flexibility index (Phi) is 6.07. The molecule has 0 radical (unpaired) electrons. The number of carbonyl (C=O) groups is 2. The van der Waals surface area contributed by atoms with Crippen LogP contribution in [0.25, 0.3) is 5.69 Å². The van der Waals surface area contributed by atoms with Crippen LogP contribution in [0.3, 0.4) is 0 Å². The standard InChI is InChI=1S/C25H21FN4O2/c1-17-22(16-27-30(17)21-14-12-19(26)13-15-21)24(31)29-23(18-8-4-2-5-9-18)25(32)28-20-10-6-3-7-11-20/h2-16,23H,1H3,(H,28,32)(H,29,31). The van der Waals surface area contributed by atoms with E-state index < -0.39 is 11.9 Å². The topological polar surface area (TPSA) is 76.0 Å². The van der Waals surface area contributed by atoms with E-state index in [1.807, 2.05) is 36.4 Å². The highest BCUT2D eigenvalue weighted by Crippen LogP contribution is 2.19. The fourth-order valence-corrected chi connectivity index (χ4v) is 3.37. The van der Waals surface area contributed by atoms with Crippen LogP contribution in [0.1, 0.15) is 27.7 Å². The Morgan fingerprint density at radius 1 is 0.906 bits per heavy atom. The van der Waals surface area contributed by atoms with Gasteiger partial charge in [-0.25, -0.2) is 9.07 Å². The molecule has 1 atom stereocenters. The van der Waals surface area contributed by atoms with Gasteiger partial charge in [-0.3, -0.25) is 9.59 Å². The summed E-state index contributed by atoms with van der Waals surface area (Å²) in [7, 11) is 0. The zero-order chi connectivity index (χ0) is 22.5. The number of rotatable bonds is 6. The number of nitrogens with one attached hydrogen (secondary N) is 2. The van der Waals surface area contributed by atoms with E-state index in [0.29, 0.717) is 28.2 Å². The largest absolute Gasteiger partial charge is 0.336 e. The summed E-state index contributed by atoms with van der Waals surface area (Å²) < 4.78 is 14.8. The Morgan fingerprint density at radius 3 is 2.19 bits per heavy atom. The molecule has 2 N–H and O–H groups in total. The summed E-state index contributed by atoms with van der Waals surface area (Å²) in [4.78, 5) is 26.1. The first-order valence-electron chi connectivity index (χ1n) is 10.1. The molecule has 1 heterocycles. The zero-order valence-corrected chi connectivity index (χ0v) is 17.3. The van der Waals surface area contributed by atoms with Crippen LogP contribution in [0.5, 0.6) is 0 Å². The van der Waals surface area contributed by atoms with Crippen LogP contribution in [0, 0.1) is 12.7 Å². The van der Waals surface area contributed by atoms with Gasteiger partial charge in [0.25, 0.3) is 11.8 Å². The molecule has 160 valence electrons. The molecule has 0 aliphatic carbocycles. The van der Waals surface area contributed by atoms with Gasteiger partial charge >= 0.3 is 0 Å². The SMILES string of the molecule is Cc1c(C(=O)NC(C(=O)Nc2ccccc2)c2ccccc2)cnn1-c1ccc(F)cc1. The molecule has 0 aliphatic rings. The molecule has 6 nitrogen and oxygen atoms in total. The number of para-hydroxylation sites is 1. The van der Waals surface area contributed by atoms with E-state index >= 15 is 0 Å². The first-order chi connectivity index (χ1) is 15.5. The van der Waals surface area contributed by atoms with Crippen molar-refractivity contribution in [2.24, 2.45) is 0 Å². The van der Waals surface area contributed by atoms with Crippen molar-refractivity contribution in [3.63, 3.8) is 0 Å². The summed E-state index contributed by atoms with van der Waals surface area (Å²) >= 11 is 0. The van der Waals surface area contributed by atoms with Crippen molar-refractivity contribution in [3.05, 3.63) is 114 Å². The molecule has 0 bridgehead atoms. The van der Waals surface area contributed by atoms with Crippen molar-refractivity contribution in [1.82, 2.24) is 15.1 Å². The van der Waals surface area contributed by atoms with E-state index in [-0.39, 0.29) is 11.7 Å². The van der Waals surface area contributed by atoms with Crippen LogP contribution in [0.15, 0.2) is 91.1 Å². The number of halogens is 1. The number of hydrogen-bond donors (Lipinski definition) is 2. The fourth-order valence-electron chi connectivity index (χ4n) is 3.37. The zero-order valence-electron chi connectivity index (χ0n) is 17.3. The van der Waals surface area contributed by atoms with Gasteiger partial charge in [0.1, 0.15) is 11.9 Å². The molecule has 7 heteroatoms. The van der Waals surface area contributed by atoms with Crippen LogP contribution < -0.4 is 10.6 Å². The van der Waals surface area contributed by atoms with E-state index in [2.05, 4.69) is 15.7 Å². The Balaban J connectivity index is 1.59. The van der Waals surface area contributed by atoms with Crippen LogP contribution in [-0.2, 0) is 4.79 Å². The normalized spacial score (nSPS) is 11.6. The Bertz CT molecular complexity index is 1220. The highest BCUT2D eigenvalue weighted by atomic mass is 19.1. The molecule has 0 spiro atoms. The highest BCUT2D eigenvalue weighted by Gasteiger charge is 2.25. The van der Waals surface area contributed by atoms with Crippen molar-refractivity contribution in [2.75, 3.05) is 5.32 Å². The van der Waals surface area contributed by atoms with Crippen molar-refractivity contribution in [3.8, 4) is 5.69 Å². The summed E-state index contributed by atoms with van der Waals surface area (Å²) in [5.74, 6) is -1.15. The second-order valence-electron chi connectivity index (χ2n) is 7.20. The van der Waals surface area contributed by atoms with Crippen molar-refractivity contribution < 1.29 is 14.0 Å². The predicted octanol–water partition coefficient (Wildman–Crippen LogP) is 4.43. The molecule has 3 aromatic carbocycles. The summed E-state index contributed by atoms with van der Waals surface area (Å²) in [5.41, 5.74) is 2.81. The van der Waals surface area contributed by atoms with Gasteiger partial charge in [-0.1, -0.05) is 48.5 Å². The maximum atomic E-state index is 13.2. The minimum atomic E-state index is -0.905. The van der Waals surface area contributed by atoms with Gasteiger partial charge in [0.2, 0.25) is 0 Å². The minimum Gasteiger partial charge on any atom is -0.336 e. The Labute approximate surface area is 184 Å². The summed E-state index contributed by atoms with van der Waals surface area (Å²) in [6.45, 7) is 1.74. The monoisotopic (exact) mass is 428 g/mol. The van der Waals surface area contributed by atoms with Crippen molar-refractivity contribution in [2.45, 2.75) is 13.0 Å². The average Bonchev–Trinajstić information content (AvgIpc) is 3.20. The number of amides is 2. The predicted molar refractivity (Wildman–Crippen MR) is 120 cm³/mol. The average molecular weight is 428 g/mol. The van der Waals surface area contributed by atoms with Gasteiger partial charge in [-0.15, -0.1) is 0 Å². The first kappa shape index (κ1) is 21.0. The Morgan fingerprint density at radius 2 is 1.53 bits per heavy atom. The molecule has 0 aliphatic heterocycles. The lowest BCUT2D eigenvalue weighted by Crippen LogP contribution is -2.37. The summed E-state index contributed by atoms with van der Waals surface area (Å²) in [5, 5.41) is 9.92. The number of benzene rings is 3. The lowest BCUT2D eigenvalue weighted by Gasteiger charge is -2.19. The molecule has 1 unspecified atom stereocenters. The van der Waals surface area contributed by atoms with Gasteiger partial charge in [0.05, 0.1) is 23.1 Å². The lowest BCUT2D eigenvalue weighted by atomic mass is 10.1. The van der Waals surface area contributed by atoms with Gasteiger partial charge < -0.3 is 10.6 Å². The summed E-state index contributed by atoms with van der Waals surface area (Å²) in [6, 6.07) is 23.0. The van der Waals surface area contributed by atoms with E-state index in [4.69, 9.17) is 0 Å². The molecule has 1 aromatic heterocycles. The van der Waals surface area contributed by atoms with E-state index in [1.165, 1.54) is 18.3 Å². The molecule has 32 heavy (non-hydrogen) atoms. The number of nitrogens with zero attached hydrogens (tertiary/aromatic N) is 2. The third kappa shape index (κ3) is 4.57. The maximum Gasteiger partial charge on any atom is 0.255 e. The molecular weight excluding hydrogens is 407 g/mol. The molecule has 0 saturated heterocycles. The second-order valence-corrected chi connectivity index (χ2v) is 7.20. The van der Waals surface area contributed by atoms with E-state index in [1.54, 1.807) is 48.0 Å². The van der Waals surface area contributed by atoms with Crippen LogP contribution in [-0.4, -0.2) is 21.6 Å². The number of hydrogen-bond acceptors (Lipinski definition) is 3. The van der Waals surface area contributed by atoms with Gasteiger partial charge in [0.15, 0.2) is 0 Å². The molecule has 0 saturated carbocycles. The third-order valence-electron chi connectivity index (χ3n) is 5.04. The van der Waals surface area contributed by atoms with Crippen LogP contribution in [0.4, 0.5) is 10.1 Å². The minimum absolute atomic E-state index is 0.322. The molecule has 4 rings (SSSR count). The van der Waals surface area contributed by atoms with Gasteiger partial charge in [-0.2, -0.15) is 5.10 Å². The van der Waals surface area contributed by atoms with Crippen LogP contribution in [0.2, 0.25) is 0 Å². The maximum absolute atomic E-state index is 13.2. The van der Waals surface area contributed by atoms with Crippen LogP contribution >= 0.6 is 0 Å². The fraction of sp³-hybridized carbons (Fsp3) is 0.0800. The van der Waals surface area contributed by atoms with Crippen molar-refractivity contribution in [1.29, 1.82) is 0 Å². The van der Waals surface area contributed by atoms with E-state index in [9.17, 15) is 14.0 Å². The second kappa shape index (κ2) is 9.26. The summed E-state index contributed by atoms with van der Waals surface area (Å²) in [6.07, 6.45) is 1.44. The third-order valence-corrected chi connectivity index (χ3v) is 5.04. The van der Waals surface area contributed by atoms with Gasteiger partial charge in [-0.05, 0) is 48.9 Å². The smallest absolute Gasteiger partial charge is 0.255 e. The van der Waals surface area contributed by atoms with Crippen molar-refractivity contribution >= 4 is 17.5 Å². The quantitative estimate of drug-likeness (QED) is 0.477. The molecule has 4 aromatic rings. The lowest BCUT2D eigenvalue weighted by molar-refractivity contribution is -0.118. The number of carbonyl (C=O) groups excluding carboxylic acids is 2. The highest BCUT2D eigenvalue weighted by molar-refractivity contribution is 6.02. The first-order valence-corrected chi connectivity index (χ1v) is 10.1. The van der Waals surface area contributed by atoms with E-state index in [0.717, 1.165) is 0 Å². The molecular formula is C25H21FN4O2. The molecule has 0 fully saturated rings. The number of anilines is 1. The molecule has 2 amide bonds.